The third-order valence-electron chi connectivity index (χ3n) is 17.0. The van der Waals surface area contributed by atoms with Crippen LogP contribution >= 0.6 is 12.6 Å². The second kappa shape index (κ2) is 49.0. The Morgan fingerprint density at radius 2 is 0.881 bits per heavy atom. The molecule has 1 heterocycles. The van der Waals surface area contributed by atoms with Crippen LogP contribution < -0.4 is 103 Å². The van der Waals surface area contributed by atoms with Gasteiger partial charge in [-0.05, 0) is 102 Å². The van der Waals surface area contributed by atoms with Gasteiger partial charge in [0.25, 0.3) is 0 Å². The fourth-order valence-electron chi connectivity index (χ4n) is 10.6. The van der Waals surface area contributed by atoms with Crippen molar-refractivity contribution >= 4 is 107 Å². The first-order valence-corrected chi connectivity index (χ1v) is 36.5. The summed E-state index contributed by atoms with van der Waals surface area (Å²) in [6.45, 7) is 12.3. The zero-order chi connectivity index (χ0) is 82.4. The number of nitrogens with two attached hydrogens (primary N) is 5. The number of thiol groups is 1. The van der Waals surface area contributed by atoms with Crippen molar-refractivity contribution in [3.05, 3.63) is 54.1 Å². The summed E-state index contributed by atoms with van der Waals surface area (Å²) in [7, 11) is 0. The van der Waals surface area contributed by atoms with E-state index in [1.165, 1.54) is 61.0 Å². The first-order chi connectivity index (χ1) is 51.3. The van der Waals surface area contributed by atoms with Crippen molar-refractivity contribution in [1.29, 1.82) is 5.41 Å². The molecule has 0 aliphatic rings. The maximum Gasteiger partial charge on any atom is 0.325 e. The number of imidazole rings is 1. The maximum atomic E-state index is 14.5. The van der Waals surface area contributed by atoms with Gasteiger partial charge in [0.05, 0.1) is 37.2 Å². The molecule has 610 valence electrons. The van der Waals surface area contributed by atoms with Crippen LogP contribution in [-0.2, 0) is 84.8 Å². The summed E-state index contributed by atoms with van der Waals surface area (Å²) in [6, 6.07) is -12.2. The molecule has 0 saturated heterocycles. The van der Waals surface area contributed by atoms with Gasteiger partial charge in [-0.15, -0.1) is 0 Å². The lowest BCUT2D eigenvalue weighted by Gasteiger charge is -2.30. The van der Waals surface area contributed by atoms with Crippen molar-refractivity contribution in [3.8, 4) is 0 Å². The van der Waals surface area contributed by atoms with Crippen LogP contribution in [0.5, 0.6) is 0 Å². The molecule has 0 radical (unpaired) electrons. The summed E-state index contributed by atoms with van der Waals surface area (Å²) in [5.74, 6) is -18.2. The van der Waals surface area contributed by atoms with Gasteiger partial charge in [-0.25, -0.2) is 4.98 Å². The number of carboxylic acid groups (broad SMARTS) is 1. The molecule has 1 aromatic carbocycles. The molecule has 40 nitrogen and oxygen atoms in total. The second-order valence-electron chi connectivity index (χ2n) is 27.3. The highest BCUT2D eigenvalue weighted by Gasteiger charge is 2.39. The molecule has 0 spiro atoms. The van der Waals surface area contributed by atoms with Gasteiger partial charge in [-0.3, -0.25) is 77.3 Å². The molecule has 0 aliphatic heterocycles. The van der Waals surface area contributed by atoms with E-state index in [9.17, 15) is 87.2 Å². The first kappa shape index (κ1) is 95.0. The van der Waals surface area contributed by atoms with E-state index in [-0.39, 0.29) is 63.7 Å². The van der Waals surface area contributed by atoms with Gasteiger partial charge in [0.2, 0.25) is 82.7 Å². The number of amides is 14. The Kier molecular flexibility index (Phi) is 42.7. The van der Waals surface area contributed by atoms with Gasteiger partial charge in [-0.1, -0.05) is 78.3 Å². The average Bonchev–Trinajstić information content (AvgIpc) is 1.22. The van der Waals surface area contributed by atoms with Gasteiger partial charge in [0, 0.05) is 31.3 Å². The number of primary amides is 1. The predicted molar refractivity (Wildman–Crippen MR) is 400 cm³/mol. The van der Waals surface area contributed by atoms with E-state index in [4.69, 9.17) is 34.1 Å². The second-order valence-corrected chi connectivity index (χ2v) is 27.7. The van der Waals surface area contributed by atoms with Crippen molar-refractivity contribution in [2.24, 2.45) is 46.4 Å². The third-order valence-corrected chi connectivity index (χ3v) is 17.3. The molecule has 1 aromatic heterocycles. The molecule has 2 aromatic rings. The highest BCUT2D eigenvalue weighted by molar-refractivity contribution is 7.80. The minimum absolute atomic E-state index is 0.00983. The molecule has 0 fully saturated rings. The quantitative estimate of drug-likeness (QED) is 0.0127. The highest BCUT2D eigenvalue weighted by atomic mass is 32.1. The summed E-state index contributed by atoms with van der Waals surface area (Å²) >= 11 is 4.29. The third kappa shape index (κ3) is 34.3. The number of rotatable bonds is 51. The van der Waals surface area contributed by atoms with Gasteiger partial charge in [-0.2, -0.15) is 12.6 Å². The molecule has 2 rings (SSSR count). The maximum absolute atomic E-state index is 14.5. The van der Waals surface area contributed by atoms with Crippen LogP contribution in [0, 0.1) is 23.2 Å². The molecular weight excluding hydrogens is 1440 g/mol. The number of H-pyrrole nitrogens is 1. The van der Waals surface area contributed by atoms with Crippen molar-refractivity contribution in [2.45, 2.75) is 224 Å². The minimum atomic E-state index is -1.85. The number of unbranched alkanes of at least 4 members (excludes halogenated alkanes) is 2. The lowest BCUT2D eigenvalue weighted by atomic mass is 9.98. The van der Waals surface area contributed by atoms with Crippen molar-refractivity contribution in [1.82, 2.24) is 84.4 Å². The molecule has 41 heteroatoms. The van der Waals surface area contributed by atoms with Crippen LogP contribution in [0.4, 0.5) is 0 Å². The number of benzene rings is 1. The highest BCUT2D eigenvalue weighted by Crippen LogP contribution is 2.14. The van der Waals surface area contributed by atoms with E-state index in [0.717, 1.165) is 0 Å². The lowest BCUT2D eigenvalue weighted by Crippen LogP contribution is -2.63. The van der Waals surface area contributed by atoms with Crippen LogP contribution in [0.25, 0.3) is 0 Å². The number of aliphatic hydroxyl groups excluding tert-OH is 2. The summed E-state index contributed by atoms with van der Waals surface area (Å²) < 4.78 is 0. The Hall–Kier alpha value is -10.1. The number of carboxylic acids is 1. The smallest absolute Gasteiger partial charge is 0.325 e. The molecule has 109 heavy (non-hydrogen) atoms. The topological polar surface area (TPSA) is 668 Å². The van der Waals surface area contributed by atoms with E-state index in [1.54, 1.807) is 44.2 Å². The largest absolute Gasteiger partial charge is 0.480 e. The number of aliphatic carboxylic acids is 1. The van der Waals surface area contributed by atoms with Gasteiger partial charge < -0.3 is 123 Å². The van der Waals surface area contributed by atoms with E-state index in [2.05, 4.69) is 97.0 Å². The molecule has 15 atom stereocenters. The molecule has 0 saturated carbocycles. The Morgan fingerprint density at radius 1 is 0.477 bits per heavy atom. The minimum Gasteiger partial charge on any atom is -0.480 e. The first-order valence-electron chi connectivity index (χ1n) is 35.9. The van der Waals surface area contributed by atoms with Crippen LogP contribution in [0.2, 0.25) is 0 Å². The van der Waals surface area contributed by atoms with Gasteiger partial charge in [0.1, 0.15) is 78.5 Å². The number of carbonyl (C=O) groups excluding carboxylic acids is 14. The van der Waals surface area contributed by atoms with E-state index in [0.29, 0.717) is 31.4 Å². The predicted octanol–water partition coefficient (Wildman–Crippen LogP) is -7.38. The van der Waals surface area contributed by atoms with Crippen LogP contribution in [0.1, 0.15) is 131 Å². The van der Waals surface area contributed by atoms with Crippen molar-refractivity contribution in [2.75, 3.05) is 32.0 Å². The standard InChI is InChI=1S/C68H114N22O18S/c1-33(2)50(89-64(104)51(34(3)4)87-60(100)46(28-49(72)93)83-61(101)47(30-91)85-54(94)36(7)78-58(98)44(26-39-18-11-10-12-19-39)82-55(95)41(71)20-13-15-23-69)63(103)81-43(22-17-25-76-68(73)74)56(96)80-42(21-14-16-24-70)57(97)86-48(31-109)62(102)88-52(35(5)6)65(105)90-53(38(9)92)66(106)84-45(27-40-29-75-32-77-40)59(99)79-37(8)67(107)108/h10-12,18-19,29,32-38,41-48,50-53,91-92,109H,13-17,20-28,30-31,69-71H2,1-9H3,(H2,72,93)(H,75,77)(H,78,98)(H,79,99)(H,80,96)(H,81,103)(H,82,95)(H,83,101)(H,84,106)(H,85,94)(H,86,97)(H,87,100)(H,88,102)(H,89,104)(H,90,105)(H,107,108)(H4,73,74,76)/t36-,37-,38+,41-,42-,43-,44-,45-,46-,47-,48-,50-,51-,52-,53-/m0/s1. The SMILES string of the molecule is CC(C)[C@H](NC(=O)[C@H](CC(N)=O)NC(=O)[C@H](CO)NC(=O)[C@H](C)NC(=O)[C@H](Cc1ccccc1)NC(=O)[C@@H](N)CCCCN)C(=O)N[C@H](C(=O)N[C@@H](CCCNC(=N)N)C(=O)N[C@@H](CCCCN)C(=O)N[C@@H](CS)C(=O)N[C@H](C(=O)N[C@H](C(=O)N[C@@H](Cc1c[nH]cn1)C(=O)N[C@@H](C)C(=O)O)[C@@H](C)O)C(C)C)C(C)C. The zero-order valence-corrected chi connectivity index (χ0v) is 63.9. The van der Waals surface area contributed by atoms with E-state index in [1.807, 2.05) is 0 Å². The Labute approximate surface area is 637 Å². The number of aromatic nitrogens is 2. The number of carbonyl (C=O) groups is 15. The number of nitrogens with zero attached hydrogens (tertiary/aromatic N) is 1. The Balaban J connectivity index is 2.37. The normalized spacial score (nSPS) is 15.4. The monoisotopic (exact) mass is 1560 g/mol. The van der Waals surface area contributed by atoms with E-state index >= 15 is 0 Å². The van der Waals surface area contributed by atoms with Crippen LogP contribution in [0.15, 0.2) is 42.9 Å². The molecule has 29 N–H and O–H groups in total. The number of nitrogens with one attached hydrogen (secondary N) is 16. The van der Waals surface area contributed by atoms with Crippen molar-refractivity contribution < 1.29 is 87.2 Å². The number of guanidine groups is 1. The Morgan fingerprint density at radius 3 is 1.36 bits per heavy atom. The lowest BCUT2D eigenvalue weighted by molar-refractivity contribution is -0.142. The molecule has 0 bridgehead atoms. The zero-order valence-electron chi connectivity index (χ0n) is 63.0. The fraction of sp³-hybridized carbons (Fsp3) is 0.632. The van der Waals surface area contributed by atoms with Gasteiger partial charge in [0.15, 0.2) is 5.96 Å². The fourth-order valence-corrected chi connectivity index (χ4v) is 10.8. The summed E-state index contributed by atoms with van der Waals surface area (Å²) in [6.07, 6.45) is 1.80. The number of aromatic amines is 1. The van der Waals surface area contributed by atoms with E-state index < -0.39 is 222 Å². The number of aliphatic hydroxyl groups is 2. The molecule has 0 aliphatic carbocycles. The molecular formula is C68H114N22O18S. The van der Waals surface area contributed by atoms with Crippen molar-refractivity contribution in [3.63, 3.8) is 0 Å². The summed E-state index contributed by atoms with van der Waals surface area (Å²) in [5.41, 5.74) is 29.4. The van der Waals surface area contributed by atoms with Gasteiger partial charge >= 0.3 is 5.97 Å². The van der Waals surface area contributed by atoms with Crippen LogP contribution in [-0.4, -0.2) is 243 Å². The number of hydrogen-bond donors (Lipinski definition) is 25. The molecule has 14 amide bonds. The summed E-state index contributed by atoms with van der Waals surface area (Å²) in [5, 5.41) is 72.8. The summed E-state index contributed by atoms with van der Waals surface area (Å²) in [4.78, 5) is 212. The Bertz CT molecular complexity index is 3350. The average molecular weight is 1560 g/mol. The van der Waals surface area contributed by atoms with Crippen LogP contribution in [0.3, 0.4) is 0 Å². The molecule has 0 unspecified atom stereocenters. The number of hydrogen-bond acceptors (Lipinski definition) is 23.